The summed E-state index contributed by atoms with van der Waals surface area (Å²) in [6.07, 6.45) is 0.370. The van der Waals surface area contributed by atoms with Gasteiger partial charge in [-0.05, 0) is 49.1 Å². The van der Waals surface area contributed by atoms with Crippen molar-refractivity contribution in [1.82, 2.24) is 5.32 Å². The summed E-state index contributed by atoms with van der Waals surface area (Å²) in [7, 11) is -3.26. The highest BCUT2D eigenvalue weighted by Gasteiger charge is 2.30. The van der Waals surface area contributed by atoms with E-state index in [-0.39, 0.29) is 24.3 Å². The van der Waals surface area contributed by atoms with E-state index < -0.39 is 9.84 Å². The zero-order valence-corrected chi connectivity index (χ0v) is 15.1. The molecule has 0 bridgehead atoms. The molecule has 0 aliphatic carbocycles. The van der Waals surface area contributed by atoms with Crippen molar-refractivity contribution in [2.75, 3.05) is 12.4 Å². The van der Waals surface area contributed by atoms with Gasteiger partial charge in [0.05, 0.1) is 16.7 Å². The van der Waals surface area contributed by atoms with Gasteiger partial charge in [-0.15, -0.1) is 0 Å². The molecule has 1 atom stereocenters. The molecule has 6 heteroatoms. The van der Waals surface area contributed by atoms with Gasteiger partial charge in [-0.25, -0.2) is 8.42 Å². The van der Waals surface area contributed by atoms with Crippen molar-refractivity contribution in [1.29, 1.82) is 0 Å². The second-order valence-electron chi connectivity index (χ2n) is 6.32. The Balaban J connectivity index is 1.69. The first kappa shape index (κ1) is 17.5. The Bertz CT molecular complexity index is 905. The summed E-state index contributed by atoms with van der Waals surface area (Å²) >= 11 is 0. The first-order valence-electron chi connectivity index (χ1n) is 8.18. The van der Waals surface area contributed by atoms with Crippen molar-refractivity contribution in [3.63, 3.8) is 0 Å². The molecule has 1 aliphatic rings. The van der Waals surface area contributed by atoms with Gasteiger partial charge >= 0.3 is 0 Å². The maximum absolute atomic E-state index is 12.3. The van der Waals surface area contributed by atoms with Crippen LogP contribution in [0.1, 0.15) is 29.2 Å². The standard InChI is InChI=1S/C19H21NO4S/c1-13-7-8-14(2)17(11-13)24-12-19(21)20-16-9-10-25(22,23)18-6-4-3-5-15(16)18/h3-8,11,16H,9-10,12H2,1-2H3,(H,20,21). The fraction of sp³-hybridized carbons (Fsp3) is 0.316. The van der Waals surface area contributed by atoms with Gasteiger partial charge in [-0.3, -0.25) is 4.79 Å². The number of sulfone groups is 1. The molecule has 3 rings (SSSR count). The van der Waals surface area contributed by atoms with Gasteiger partial charge < -0.3 is 10.1 Å². The number of hydrogen-bond acceptors (Lipinski definition) is 4. The van der Waals surface area contributed by atoms with Crippen LogP contribution in [0.25, 0.3) is 0 Å². The van der Waals surface area contributed by atoms with Crippen LogP contribution in [0.15, 0.2) is 47.4 Å². The van der Waals surface area contributed by atoms with Gasteiger partial charge in [0.2, 0.25) is 0 Å². The van der Waals surface area contributed by atoms with Crippen LogP contribution >= 0.6 is 0 Å². The molecule has 2 aromatic rings. The molecule has 0 saturated carbocycles. The Morgan fingerprint density at radius 2 is 1.96 bits per heavy atom. The molecule has 0 radical (unpaired) electrons. The number of benzene rings is 2. The van der Waals surface area contributed by atoms with E-state index in [1.807, 2.05) is 32.0 Å². The van der Waals surface area contributed by atoms with Gasteiger partial charge in [0.1, 0.15) is 5.75 Å². The van der Waals surface area contributed by atoms with E-state index in [0.717, 1.165) is 11.1 Å². The molecule has 1 amide bonds. The summed E-state index contributed by atoms with van der Waals surface area (Å²) in [6.45, 7) is 3.79. The zero-order valence-electron chi connectivity index (χ0n) is 14.3. The van der Waals surface area contributed by atoms with E-state index in [4.69, 9.17) is 4.74 Å². The lowest BCUT2D eigenvalue weighted by atomic mass is 10.0. The number of carbonyl (C=O) groups is 1. The molecular formula is C19H21NO4S. The lowest BCUT2D eigenvalue weighted by Gasteiger charge is -2.26. The van der Waals surface area contributed by atoms with E-state index in [1.54, 1.807) is 24.3 Å². The van der Waals surface area contributed by atoms with Crippen LogP contribution < -0.4 is 10.1 Å². The Labute approximate surface area is 147 Å². The van der Waals surface area contributed by atoms with E-state index in [0.29, 0.717) is 22.6 Å². The number of carbonyl (C=O) groups excluding carboxylic acids is 1. The maximum atomic E-state index is 12.3. The molecule has 2 aromatic carbocycles. The highest BCUT2D eigenvalue weighted by molar-refractivity contribution is 7.91. The Hall–Kier alpha value is -2.34. The number of fused-ring (bicyclic) bond motifs is 1. The number of nitrogens with one attached hydrogen (secondary N) is 1. The van der Waals surface area contributed by atoms with E-state index in [9.17, 15) is 13.2 Å². The summed E-state index contributed by atoms with van der Waals surface area (Å²) in [5.74, 6) is 0.453. The van der Waals surface area contributed by atoms with Crippen molar-refractivity contribution in [3.8, 4) is 5.75 Å². The molecule has 0 fully saturated rings. The quantitative estimate of drug-likeness (QED) is 0.911. The van der Waals surface area contributed by atoms with Crippen molar-refractivity contribution < 1.29 is 17.9 Å². The molecule has 25 heavy (non-hydrogen) atoms. The molecule has 1 aliphatic heterocycles. The number of hydrogen-bond donors (Lipinski definition) is 1. The number of rotatable bonds is 4. The van der Waals surface area contributed by atoms with Crippen LogP contribution in [0.2, 0.25) is 0 Å². The smallest absolute Gasteiger partial charge is 0.258 e. The normalized spacial score (nSPS) is 18.2. The fourth-order valence-corrected chi connectivity index (χ4v) is 4.60. The average molecular weight is 359 g/mol. The molecule has 0 spiro atoms. The van der Waals surface area contributed by atoms with Gasteiger partial charge in [0.15, 0.2) is 16.4 Å². The minimum absolute atomic E-state index is 0.0345. The first-order valence-corrected chi connectivity index (χ1v) is 9.83. The van der Waals surface area contributed by atoms with Crippen LogP contribution in [-0.4, -0.2) is 26.7 Å². The van der Waals surface area contributed by atoms with Crippen LogP contribution in [0.5, 0.6) is 5.75 Å². The largest absolute Gasteiger partial charge is 0.483 e. The Morgan fingerprint density at radius 1 is 1.20 bits per heavy atom. The molecule has 1 heterocycles. The fourth-order valence-electron chi connectivity index (χ4n) is 2.98. The number of aryl methyl sites for hydroxylation is 2. The summed E-state index contributed by atoms with van der Waals surface area (Å²) in [5.41, 5.74) is 2.67. The third-order valence-corrected chi connectivity index (χ3v) is 6.16. The third kappa shape index (κ3) is 3.85. The van der Waals surface area contributed by atoms with Gasteiger partial charge in [0.25, 0.3) is 5.91 Å². The molecule has 0 saturated heterocycles. The van der Waals surface area contributed by atoms with Crippen LogP contribution in [0.4, 0.5) is 0 Å². The number of ether oxygens (including phenoxy) is 1. The summed E-state index contributed by atoms with van der Waals surface area (Å²) in [4.78, 5) is 12.6. The monoisotopic (exact) mass is 359 g/mol. The second-order valence-corrected chi connectivity index (χ2v) is 8.40. The summed E-state index contributed by atoms with van der Waals surface area (Å²) < 4.78 is 29.9. The predicted octanol–water partition coefficient (Wildman–Crippen LogP) is 2.72. The van der Waals surface area contributed by atoms with E-state index in [2.05, 4.69) is 5.32 Å². The molecule has 132 valence electrons. The molecular weight excluding hydrogens is 338 g/mol. The zero-order chi connectivity index (χ0) is 18.0. The minimum atomic E-state index is -3.26. The SMILES string of the molecule is Cc1ccc(C)c(OCC(=O)NC2CCS(=O)(=O)c3ccccc32)c1. The third-order valence-electron chi connectivity index (χ3n) is 4.34. The summed E-state index contributed by atoms with van der Waals surface area (Å²) in [5, 5.41) is 2.89. The number of amides is 1. The highest BCUT2D eigenvalue weighted by Crippen LogP contribution is 2.31. The van der Waals surface area contributed by atoms with Gasteiger partial charge in [0, 0.05) is 0 Å². The predicted molar refractivity (Wildman–Crippen MR) is 95.4 cm³/mol. The van der Waals surface area contributed by atoms with Crippen LogP contribution in [0, 0.1) is 13.8 Å². The Morgan fingerprint density at radius 3 is 2.76 bits per heavy atom. The van der Waals surface area contributed by atoms with Crippen molar-refractivity contribution in [2.45, 2.75) is 31.2 Å². The second kappa shape index (κ2) is 6.88. The van der Waals surface area contributed by atoms with Crippen LogP contribution in [-0.2, 0) is 14.6 Å². The maximum Gasteiger partial charge on any atom is 0.258 e. The minimum Gasteiger partial charge on any atom is -0.483 e. The molecule has 0 aromatic heterocycles. The lowest BCUT2D eigenvalue weighted by Crippen LogP contribution is -2.36. The Kier molecular flexibility index (Phi) is 4.81. The molecule has 1 N–H and O–H groups in total. The summed E-state index contributed by atoms with van der Waals surface area (Å²) in [6, 6.07) is 12.3. The topological polar surface area (TPSA) is 72.5 Å². The molecule has 5 nitrogen and oxygen atoms in total. The highest BCUT2D eigenvalue weighted by atomic mass is 32.2. The van der Waals surface area contributed by atoms with E-state index >= 15 is 0 Å². The van der Waals surface area contributed by atoms with Gasteiger partial charge in [-0.1, -0.05) is 30.3 Å². The average Bonchev–Trinajstić information content (AvgIpc) is 2.58. The van der Waals surface area contributed by atoms with E-state index in [1.165, 1.54) is 0 Å². The first-order chi connectivity index (χ1) is 11.9. The van der Waals surface area contributed by atoms with Gasteiger partial charge in [-0.2, -0.15) is 0 Å². The molecule has 1 unspecified atom stereocenters. The van der Waals surface area contributed by atoms with Crippen molar-refractivity contribution >= 4 is 15.7 Å². The van der Waals surface area contributed by atoms with Crippen LogP contribution in [0.3, 0.4) is 0 Å². The lowest BCUT2D eigenvalue weighted by molar-refractivity contribution is -0.123. The van der Waals surface area contributed by atoms with Crippen molar-refractivity contribution in [2.24, 2.45) is 0 Å². The van der Waals surface area contributed by atoms with Crippen molar-refractivity contribution in [3.05, 3.63) is 59.2 Å².